The topological polar surface area (TPSA) is 72.2 Å². The van der Waals surface area contributed by atoms with Crippen LogP contribution in [0.1, 0.15) is 24.2 Å². The van der Waals surface area contributed by atoms with Crippen LogP contribution in [0.15, 0.2) is 24.3 Å². The predicted molar refractivity (Wildman–Crippen MR) is 69.6 cm³/mol. The molecule has 4 nitrogen and oxygen atoms in total. The van der Waals surface area contributed by atoms with Gasteiger partial charge in [0.15, 0.2) is 0 Å². The SMILES string of the molecule is C[C@H](SCCC(=O)NC(N)=O)c1cccc(F)c1. The maximum atomic E-state index is 13.0. The van der Waals surface area contributed by atoms with Crippen molar-refractivity contribution in [3.8, 4) is 0 Å². The number of primary amides is 1. The van der Waals surface area contributed by atoms with Gasteiger partial charge in [-0.25, -0.2) is 9.18 Å². The van der Waals surface area contributed by atoms with E-state index in [4.69, 9.17) is 5.73 Å². The monoisotopic (exact) mass is 270 g/mol. The Bertz CT molecular complexity index is 440. The smallest absolute Gasteiger partial charge is 0.318 e. The van der Waals surface area contributed by atoms with Crippen molar-refractivity contribution < 1.29 is 14.0 Å². The fourth-order valence-corrected chi connectivity index (χ4v) is 2.38. The summed E-state index contributed by atoms with van der Waals surface area (Å²) in [6.45, 7) is 1.94. The zero-order chi connectivity index (χ0) is 13.5. The summed E-state index contributed by atoms with van der Waals surface area (Å²) < 4.78 is 13.0. The molecule has 0 aliphatic heterocycles. The Morgan fingerprint density at radius 2 is 2.22 bits per heavy atom. The third-order valence-corrected chi connectivity index (χ3v) is 3.49. The summed E-state index contributed by atoms with van der Waals surface area (Å²) in [5, 5.41) is 2.08. The fraction of sp³-hybridized carbons (Fsp3) is 0.333. The van der Waals surface area contributed by atoms with Crippen LogP contribution in [0.5, 0.6) is 0 Å². The first-order valence-corrected chi connectivity index (χ1v) is 6.50. The number of imide groups is 1. The van der Waals surface area contributed by atoms with Crippen molar-refractivity contribution >= 4 is 23.7 Å². The molecule has 3 N–H and O–H groups in total. The van der Waals surface area contributed by atoms with E-state index in [1.807, 2.05) is 18.3 Å². The molecule has 0 saturated carbocycles. The molecule has 1 rings (SSSR count). The van der Waals surface area contributed by atoms with Crippen LogP contribution < -0.4 is 11.1 Å². The van der Waals surface area contributed by atoms with Crippen LogP contribution in [-0.2, 0) is 4.79 Å². The van der Waals surface area contributed by atoms with Crippen LogP contribution in [0.3, 0.4) is 0 Å². The molecule has 0 radical (unpaired) electrons. The van der Waals surface area contributed by atoms with Gasteiger partial charge in [-0.05, 0) is 24.6 Å². The van der Waals surface area contributed by atoms with Crippen molar-refractivity contribution in [2.45, 2.75) is 18.6 Å². The molecule has 0 aromatic heterocycles. The van der Waals surface area contributed by atoms with Crippen molar-refractivity contribution in [1.29, 1.82) is 0 Å². The molecule has 1 atom stereocenters. The quantitative estimate of drug-likeness (QED) is 0.861. The van der Waals surface area contributed by atoms with Crippen molar-refractivity contribution in [2.75, 3.05) is 5.75 Å². The van der Waals surface area contributed by atoms with Gasteiger partial charge in [-0.15, -0.1) is 0 Å². The van der Waals surface area contributed by atoms with Gasteiger partial charge in [-0.2, -0.15) is 11.8 Å². The van der Waals surface area contributed by atoms with Gasteiger partial charge >= 0.3 is 6.03 Å². The molecule has 3 amide bonds. The predicted octanol–water partition coefficient (Wildman–Crippen LogP) is 2.20. The largest absolute Gasteiger partial charge is 0.351 e. The number of rotatable bonds is 5. The second kappa shape index (κ2) is 7.00. The summed E-state index contributed by atoms with van der Waals surface area (Å²) in [7, 11) is 0. The van der Waals surface area contributed by atoms with Crippen LogP contribution in [-0.4, -0.2) is 17.7 Å². The molecule has 0 fully saturated rings. The number of carbonyl (C=O) groups is 2. The summed E-state index contributed by atoms with van der Waals surface area (Å²) in [5.74, 6) is -0.135. The van der Waals surface area contributed by atoms with E-state index < -0.39 is 11.9 Å². The first-order valence-electron chi connectivity index (χ1n) is 5.45. The molecule has 0 spiro atoms. The van der Waals surface area contributed by atoms with Gasteiger partial charge in [0.05, 0.1) is 0 Å². The van der Waals surface area contributed by atoms with E-state index in [0.717, 1.165) is 5.56 Å². The van der Waals surface area contributed by atoms with Crippen molar-refractivity contribution in [1.82, 2.24) is 5.32 Å². The number of carbonyl (C=O) groups excluding carboxylic acids is 2. The standard InChI is InChI=1S/C12H15FN2O2S/c1-8(9-3-2-4-10(13)7-9)18-6-5-11(16)15-12(14)17/h2-4,7-8H,5-6H2,1H3,(H3,14,15,16,17)/t8-/m0/s1. The van der Waals surface area contributed by atoms with Crippen LogP contribution in [0, 0.1) is 5.82 Å². The minimum absolute atomic E-state index is 0.0853. The lowest BCUT2D eigenvalue weighted by Gasteiger charge is -2.11. The van der Waals surface area contributed by atoms with Gasteiger partial charge in [-0.3, -0.25) is 10.1 Å². The normalized spacial score (nSPS) is 11.9. The minimum atomic E-state index is -0.844. The number of benzene rings is 1. The fourth-order valence-electron chi connectivity index (χ4n) is 1.38. The molecule has 0 unspecified atom stereocenters. The molecule has 0 aliphatic carbocycles. The number of nitrogens with two attached hydrogens (primary N) is 1. The number of hydrogen-bond acceptors (Lipinski definition) is 3. The maximum absolute atomic E-state index is 13.0. The average Bonchev–Trinajstić information content (AvgIpc) is 2.27. The molecular formula is C12H15FN2O2S. The maximum Gasteiger partial charge on any atom is 0.318 e. The molecule has 0 aliphatic rings. The van der Waals surface area contributed by atoms with Crippen LogP contribution in [0.2, 0.25) is 0 Å². The van der Waals surface area contributed by atoms with E-state index in [1.165, 1.54) is 23.9 Å². The third-order valence-electron chi connectivity index (χ3n) is 2.28. The highest BCUT2D eigenvalue weighted by Crippen LogP contribution is 2.28. The lowest BCUT2D eigenvalue weighted by atomic mass is 10.2. The van der Waals surface area contributed by atoms with Crippen molar-refractivity contribution in [3.05, 3.63) is 35.6 Å². The van der Waals surface area contributed by atoms with Crippen molar-refractivity contribution in [2.24, 2.45) is 5.73 Å². The number of urea groups is 1. The van der Waals surface area contributed by atoms with Gasteiger partial charge < -0.3 is 5.73 Å². The first-order chi connectivity index (χ1) is 8.49. The van der Waals surface area contributed by atoms with Crippen LogP contribution >= 0.6 is 11.8 Å². The average molecular weight is 270 g/mol. The summed E-state index contributed by atoms with van der Waals surface area (Å²) >= 11 is 1.51. The highest BCUT2D eigenvalue weighted by Gasteiger charge is 2.09. The second-order valence-electron chi connectivity index (χ2n) is 3.73. The van der Waals surface area contributed by atoms with Gasteiger partial charge in [0, 0.05) is 17.4 Å². The Kier molecular flexibility index (Phi) is 5.64. The lowest BCUT2D eigenvalue weighted by Crippen LogP contribution is -2.35. The molecule has 0 saturated heterocycles. The van der Waals surface area contributed by atoms with Gasteiger partial charge in [-0.1, -0.05) is 12.1 Å². The number of nitrogens with one attached hydrogen (secondary N) is 1. The van der Waals surface area contributed by atoms with E-state index in [-0.39, 0.29) is 17.5 Å². The number of thioether (sulfide) groups is 1. The third kappa shape index (κ3) is 5.18. The zero-order valence-electron chi connectivity index (χ0n) is 9.98. The number of hydrogen-bond donors (Lipinski definition) is 2. The number of halogens is 1. The minimum Gasteiger partial charge on any atom is -0.351 e. The van der Waals surface area contributed by atoms with Gasteiger partial charge in [0.2, 0.25) is 5.91 Å². The molecule has 0 heterocycles. The van der Waals surface area contributed by atoms with E-state index >= 15 is 0 Å². The van der Waals surface area contributed by atoms with E-state index in [2.05, 4.69) is 0 Å². The highest BCUT2D eigenvalue weighted by molar-refractivity contribution is 7.99. The summed E-state index contributed by atoms with van der Waals surface area (Å²) in [6, 6.07) is 5.51. The molecule has 98 valence electrons. The Balaban J connectivity index is 2.35. The Morgan fingerprint density at radius 3 is 2.83 bits per heavy atom. The van der Waals surface area contributed by atoms with Crippen molar-refractivity contribution in [3.63, 3.8) is 0 Å². The van der Waals surface area contributed by atoms with Crippen LogP contribution in [0.4, 0.5) is 9.18 Å². The first kappa shape index (κ1) is 14.5. The Morgan fingerprint density at radius 1 is 1.50 bits per heavy atom. The summed E-state index contributed by atoms with van der Waals surface area (Å²) in [5.41, 5.74) is 5.68. The summed E-state index contributed by atoms with van der Waals surface area (Å²) in [4.78, 5) is 21.5. The molecule has 0 bridgehead atoms. The molecule has 1 aromatic carbocycles. The van der Waals surface area contributed by atoms with E-state index in [9.17, 15) is 14.0 Å². The molecule has 6 heteroatoms. The second-order valence-corrected chi connectivity index (χ2v) is 5.18. The Labute approximate surface area is 109 Å². The van der Waals surface area contributed by atoms with Gasteiger partial charge in [0.1, 0.15) is 5.82 Å². The van der Waals surface area contributed by atoms with Gasteiger partial charge in [0.25, 0.3) is 0 Å². The molecule has 1 aromatic rings. The lowest BCUT2D eigenvalue weighted by molar-refractivity contribution is -0.119. The highest BCUT2D eigenvalue weighted by atomic mass is 32.2. The number of amides is 3. The van der Waals surface area contributed by atoms with Crippen LogP contribution in [0.25, 0.3) is 0 Å². The summed E-state index contributed by atoms with van der Waals surface area (Å²) in [6.07, 6.45) is 0.202. The zero-order valence-corrected chi connectivity index (χ0v) is 10.8. The molecule has 18 heavy (non-hydrogen) atoms. The molecular weight excluding hydrogens is 255 g/mol. The Hall–Kier alpha value is -1.56. The van der Waals surface area contributed by atoms with E-state index in [1.54, 1.807) is 6.07 Å². The van der Waals surface area contributed by atoms with E-state index in [0.29, 0.717) is 5.75 Å².